The first-order valence-corrected chi connectivity index (χ1v) is 9.01. The van der Waals surface area contributed by atoms with Gasteiger partial charge in [-0.25, -0.2) is 0 Å². The van der Waals surface area contributed by atoms with Crippen LogP contribution in [0, 0.1) is 6.92 Å². The van der Waals surface area contributed by atoms with E-state index < -0.39 is 0 Å². The average molecular weight is 358 g/mol. The molecule has 1 heterocycles. The van der Waals surface area contributed by atoms with Crippen molar-refractivity contribution in [2.75, 3.05) is 13.1 Å². The lowest BCUT2D eigenvalue weighted by Gasteiger charge is -2.13. The second-order valence-electron chi connectivity index (χ2n) is 5.80. The number of amides is 3. The van der Waals surface area contributed by atoms with E-state index >= 15 is 0 Å². The SMILES string of the molecule is CCC=C(C)C(=O)NCCN1C(=O)SC(=Cc2ccc(C)cc2)C1=O. The van der Waals surface area contributed by atoms with Crippen LogP contribution in [0.4, 0.5) is 4.79 Å². The second-order valence-corrected chi connectivity index (χ2v) is 6.79. The minimum Gasteiger partial charge on any atom is -0.351 e. The Morgan fingerprint density at radius 1 is 1.24 bits per heavy atom. The van der Waals surface area contributed by atoms with Crippen molar-refractivity contribution in [2.24, 2.45) is 0 Å². The molecule has 0 bridgehead atoms. The lowest BCUT2D eigenvalue weighted by Crippen LogP contribution is -2.37. The molecule has 0 saturated carbocycles. The van der Waals surface area contributed by atoms with Crippen LogP contribution in [0.25, 0.3) is 6.08 Å². The highest BCUT2D eigenvalue weighted by Crippen LogP contribution is 2.31. The number of carbonyl (C=O) groups excluding carboxylic acids is 3. The molecular formula is C19H22N2O3S. The fraction of sp³-hybridized carbons (Fsp3) is 0.316. The number of hydrogen-bond acceptors (Lipinski definition) is 4. The molecule has 0 atom stereocenters. The maximum Gasteiger partial charge on any atom is 0.293 e. The van der Waals surface area contributed by atoms with E-state index in [1.165, 1.54) is 4.90 Å². The number of carbonyl (C=O) groups is 3. The maximum absolute atomic E-state index is 12.4. The van der Waals surface area contributed by atoms with Crippen molar-refractivity contribution in [3.63, 3.8) is 0 Å². The number of thioether (sulfide) groups is 1. The van der Waals surface area contributed by atoms with Crippen molar-refractivity contribution in [3.8, 4) is 0 Å². The van der Waals surface area contributed by atoms with E-state index in [0.29, 0.717) is 10.5 Å². The lowest BCUT2D eigenvalue weighted by molar-refractivity contribution is -0.123. The predicted octanol–water partition coefficient (Wildman–Crippen LogP) is 3.50. The van der Waals surface area contributed by atoms with Crippen LogP contribution in [-0.2, 0) is 9.59 Å². The summed E-state index contributed by atoms with van der Waals surface area (Å²) in [7, 11) is 0. The second kappa shape index (κ2) is 8.67. The molecule has 6 heteroatoms. The standard InChI is InChI=1S/C19H22N2O3S/c1-4-5-14(3)17(22)20-10-11-21-18(23)16(25-19(21)24)12-15-8-6-13(2)7-9-15/h5-9,12H,4,10-11H2,1-3H3,(H,20,22). The average Bonchev–Trinajstić information content (AvgIpc) is 2.84. The molecule has 0 unspecified atom stereocenters. The highest BCUT2D eigenvalue weighted by Gasteiger charge is 2.34. The Balaban J connectivity index is 1.96. The van der Waals surface area contributed by atoms with E-state index in [-0.39, 0.29) is 30.1 Å². The molecule has 1 N–H and O–H groups in total. The van der Waals surface area contributed by atoms with Crippen LogP contribution in [0.15, 0.2) is 40.8 Å². The summed E-state index contributed by atoms with van der Waals surface area (Å²) in [6, 6.07) is 7.73. The summed E-state index contributed by atoms with van der Waals surface area (Å²) in [5.41, 5.74) is 2.65. The van der Waals surface area contributed by atoms with Crippen molar-refractivity contribution < 1.29 is 14.4 Å². The minimum atomic E-state index is -0.314. The number of hydrogen-bond donors (Lipinski definition) is 1. The van der Waals surface area contributed by atoms with Gasteiger partial charge in [0.1, 0.15) is 0 Å². The van der Waals surface area contributed by atoms with Gasteiger partial charge in [-0.05, 0) is 43.7 Å². The molecule has 132 valence electrons. The molecule has 1 fully saturated rings. The van der Waals surface area contributed by atoms with Crippen LogP contribution in [0.3, 0.4) is 0 Å². The van der Waals surface area contributed by atoms with Gasteiger partial charge in [0.05, 0.1) is 4.91 Å². The molecule has 1 aliphatic heterocycles. The van der Waals surface area contributed by atoms with Gasteiger partial charge in [-0.15, -0.1) is 0 Å². The molecule has 3 amide bonds. The van der Waals surface area contributed by atoms with E-state index in [1.807, 2.05) is 44.2 Å². The molecule has 5 nitrogen and oxygen atoms in total. The maximum atomic E-state index is 12.4. The van der Waals surface area contributed by atoms with Gasteiger partial charge >= 0.3 is 0 Å². The number of allylic oxidation sites excluding steroid dienone is 1. The zero-order valence-electron chi connectivity index (χ0n) is 14.7. The Bertz CT molecular complexity index is 736. The Hall–Kier alpha value is -2.34. The Morgan fingerprint density at radius 2 is 1.92 bits per heavy atom. The molecule has 1 aliphatic rings. The summed E-state index contributed by atoms with van der Waals surface area (Å²) in [6.07, 6.45) is 4.34. The fourth-order valence-corrected chi connectivity index (χ4v) is 3.19. The van der Waals surface area contributed by atoms with E-state index in [4.69, 9.17) is 0 Å². The van der Waals surface area contributed by atoms with Gasteiger partial charge in [0.15, 0.2) is 0 Å². The fourth-order valence-electron chi connectivity index (χ4n) is 2.33. The number of rotatable bonds is 6. The number of nitrogens with one attached hydrogen (secondary N) is 1. The third kappa shape index (κ3) is 5.06. The summed E-state index contributed by atoms with van der Waals surface area (Å²) >= 11 is 0.929. The summed E-state index contributed by atoms with van der Waals surface area (Å²) in [6.45, 7) is 6.09. The van der Waals surface area contributed by atoms with Gasteiger partial charge < -0.3 is 5.32 Å². The molecule has 0 aromatic heterocycles. The smallest absolute Gasteiger partial charge is 0.293 e. The van der Waals surface area contributed by atoms with Crippen LogP contribution in [-0.4, -0.2) is 35.0 Å². The highest BCUT2D eigenvalue weighted by atomic mass is 32.2. The van der Waals surface area contributed by atoms with Crippen LogP contribution in [0.2, 0.25) is 0 Å². The van der Waals surface area contributed by atoms with Gasteiger partial charge in [-0.2, -0.15) is 0 Å². The first-order chi connectivity index (χ1) is 11.9. The zero-order valence-corrected chi connectivity index (χ0v) is 15.5. The third-order valence-electron chi connectivity index (χ3n) is 3.74. The number of nitrogens with zero attached hydrogens (tertiary/aromatic N) is 1. The zero-order chi connectivity index (χ0) is 18.4. The number of benzene rings is 1. The summed E-state index contributed by atoms with van der Waals surface area (Å²) < 4.78 is 0. The first-order valence-electron chi connectivity index (χ1n) is 8.19. The molecule has 0 spiro atoms. The molecule has 1 aromatic carbocycles. The monoisotopic (exact) mass is 358 g/mol. The predicted molar refractivity (Wildman–Crippen MR) is 101 cm³/mol. The van der Waals surface area contributed by atoms with Gasteiger partial charge in [0, 0.05) is 18.7 Å². The molecule has 0 aliphatic carbocycles. The summed E-state index contributed by atoms with van der Waals surface area (Å²) in [5.74, 6) is -0.491. The van der Waals surface area contributed by atoms with Crippen molar-refractivity contribution in [1.82, 2.24) is 10.2 Å². The Kier molecular flexibility index (Phi) is 6.58. The topological polar surface area (TPSA) is 66.5 Å². The lowest BCUT2D eigenvalue weighted by atomic mass is 10.1. The molecular weight excluding hydrogens is 336 g/mol. The Labute approximate surface area is 152 Å². The molecule has 1 aromatic rings. The normalized spacial score (nSPS) is 16.7. The van der Waals surface area contributed by atoms with Crippen LogP contribution < -0.4 is 5.32 Å². The van der Waals surface area contributed by atoms with Crippen molar-refractivity contribution in [3.05, 3.63) is 51.9 Å². The number of imide groups is 1. The minimum absolute atomic E-state index is 0.168. The van der Waals surface area contributed by atoms with E-state index in [2.05, 4.69) is 5.32 Å². The van der Waals surface area contributed by atoms with Crippen LogP contribution >= 0.6 is 11.8 Å². The van der Waals surface area contributed by atoms with Gasteiger partial charge in [0.2, 0.25) is 5.91 Å². The Morgan fingerprint density at radius 3 is 2.56 bits per heavy atom. The molecule has 1 saturated heterocycles. The summed E-state index contributed by atoms with van der Waals surface area (Å²) in [5, 5.41) is 2.42. The quantitative estimate of drug-likeness (QED) is 0.791. The highest BCUT2D eigenvalue weighted by molar-refractivity contribution is 8.18. The van der Waals surface area contributed by atoms with Crippen LogP contribution in [0.1, 0.15) is 31.4 Å². The van der Waals surface area contributed by atoms with E-state index in [1.54, 1.807) is 13.0 Å². The molecule has 0 radical (unpaired) electrons. The van der Waals surface area contributed by atoms with Gasteiger partial charge in [0.25, 0.3) is 11.1 Å². The van der Waals surface area contributed by atoms with Crippen molar-refractivity contribution in [2.45, 2.75) is 27.2 Å². The third-order valence-corrected chi connectivity index (χ3v) is 4.65. The van der Waals surface area contributed by atoms with E-state index in [9.17, 15) is 14.4 Å². The number of aryl methyl sites for hydroxylation is 1. The van der Waals surface area contributed by atoms with Crippen LogP contribution in [0.5, 0.6) is 0 Å². The first kappa shape index (κ1) is 19.0. The van der Waals surface area contributed by atoms with Crippen molar-refractivity contribution in [1.29, 1.82) is 0 Å². The summed E-state index contributed by atoms with van der Waals surface area (Å²) in [4.78, 5) is 37.8. The van der Waals surface area contributed by atoms with E-state index in [0.717, 1.165) is 29.3 Å². The largest absolute Gasteiger partial charge is 0.351 e. The van der Waals surface area contributed by atoms with Gasteiger partial charge in [-0.1, -0.05) is 42.8 Å². The molecule has 2 rings (SSSR count). The van der Waals surface area contributed by atoms with Gasteiger partial charge in [-0.3, -0.25) is 19.3 Å². The molecule has 25 heavy (non-hydrogen) atoms. The van der Waals surface area contributed by atoms with Crippen molar-refractivity contribution >= 4 is 34.9 Å².